The van der Waals surface area contributed by atoms with Crippen molar-refractivity contribution in [3.8, 4) is 0 Å². The van der Waals surface area contributed by atoms with Gasteiger partial charge < -0.3 is 14.7 Å². The number of amides is 1. The molecule has 2 aromatic rings. The van der Waals surface area contributed by atoms with Crippen molar-refractivity contribution < 1.29 is 14.6 Å². The predicted molar refractivity (Wildman–Crippen MR) is 107 cm³/mol. The van der Waals surface area contributed by atoms with E-state index < -0.39 is 6.09 Å². The monoisotopic (exact) mass is 444 g/mol. The van der Waals surface area contributed by atoms with E-state index in [1.165, 1.54) is 22.6 Å². The van der Waals surface area contributed by atoms with Gasteiger partial charge in [0.05, 0.1) is 26.7 Å². The smallest absolute Gasteiger partial charge is 0.410 e. The second-order valence-corrected chi connectivity index (χ2v) is 8.14. The van der Waals surface area contributed by atoms with Crippen molar-refractivity contribution in [2.75, 3.05) is 18.5 Å². The molecule has 0 saturated heterocycles. The summed E-state index contributed by atoms with van der Waals surface area (Å²) >= 11 is 4.88. The van der Waals surface area contributed by atoms with Gasteiger partial charge in [0.25, 0.3) is 0 Å². The number of thiazole rings is 1. The molecule has 0 fully saturated rings. The lowest BCUT2D eigenvalue weighted by Gasteiger charge is -2.28. The lowest BCUT2D eigenvalue weighted by atomic mass is 10.1. The minimum atomic E-state index is -1.12. The Hall–Kier alpha value is -2.65. The van der Waals surface area contributed by atoms with Crippen LogP contribution in [0.4, 0.5) is 9.93 Å². The summed E-state index contributed by atoms with van der Waals surface area (Å²) in [5.41, 5.74) is 5.21. The largest absolute Gasteiger partial charge is 0.496 e. The Balaban J connectivity index is 1.58. The van der Waals surface area contributed by atoms with Crippen molar-refractivity contribution in [3.63, 3.8) is 0 Å². The highest BCUT2D eigenvalue weighted by molar-refractivity contribution is 9.12. The van der Waals surface area contributed by atoms with Gasteiger partial charge in [0, 0.05) is 23.9 Å². The second kappa shape index (κ2) is 6.21. The van der Waals surface area contributed by atoms with Crippen LogP contribution in [0.5, 0.6) is 0 Å². The van der Waals surface area contributed by atoms with E-state index in [1.54, 1.807) is 6.26 Å². The highest BCUT2D eigenvalue weighted by atomic mass is 79.9. The predicted octanol–water partition coefficient (Wildman–Crippen LogP) is 4.26. The van der Waals surface area contributed by atoms with Crippen molar-refractivity contribution in [3.05, 3.63) is 57.6 Å². The lowest BCUT2D eigenvalue weighted by Crippen LogP contribution is -2.31. The molecule has 0 saturated carbocycles. The lowest BCUT2D eigenvalue weighted by molar-refractivity contribution is 0.209. The first-order valence-corrected chi connectivity index (χ1v) is 9.87. The molecule has 27 heavy (non-hydrogen) atoms. The summed E-state index contributed by atoms with van der Waals surface area (Å²) in [5, 5.41) is 11.6. The third-order valence-electron chi connectivity index (χ3n) is 4.63. The minimum absolute atomic E-state index is 0.364. The number of amidine groups is 1. The van der Waals surface area contributed by atoms with Crippen molar-refractivity contribution in [1.82, 2.24) is 9.88 Å². The number of fused-ring (bicyclic) bond motifs is 1. The maximum absolute atomic E-state index is 10.8. The first-order valence-electron chi connectivity index (χ1n) is 8.26. The summed E-state index contributed by atoms with van der Waals surface area (Å²) in [6.45, 7) is 1.45. The molecule has 9 heteroatoms. The molecule has 4 heterocycles. The fourth-order valence-electron chi connectivity index (χ4n) is 3.51. The summed E-state index contributed by atoms with van der Waals surface area (Å²) in [7, 11) is 0. The van der Waals surface area contributed by atoms with E-state index >= 15 is 0 Å². The van der Waals surface area contributed by atoms with Crippen molar-refractivity contribution >= 4 is 54.5 Å². The van der Waals surface area contributed by atoms with Gasteiger partial charge in [-0.05, 0) is 46.1 Å². The maximum atomic E-state index is 10.8. The van der Waals surface area contributed by atoms with E-state index in [0.29, 0.717) is 11.7 Å². The number of allylic oxidation sites excluding steroid dienone is 1. The molecule has 136 valence electrons. The zero-order chi connectivity index (χ0) is 18.5. The van der Waals surface area contributed by atoms with Gasteiger partial charge in [-0.1, -0.05) is 11.3 Å². The molecule has 0 atom stereocenters. The standard InChI is InChI=1S/C18H13BrN4O3S/c19-12-8-26-7-10-3-4-23-15(10)11(12)6-20-16(23)9-1-2-13-14(5-9)27-17(21-13)22-18(24)25/h1-2,5-6,8H,3-4,7H2,(H,21,22)(H,24,25). The van der Waals surface area contributed by atoms with E-state index in [1.807, 2.05) is 24.4 Å². The first-order chi connectivity index (χ1) is 13.1. The van der Waals surface area contributed by atoms with Crippen LogP contribution >= 0.6 is 27.3 Å². The third-order valence-corrected chi connectivity index (χ3v) is 6.18. The van der Waals surface area contributed by atoms with Gasteiger partial charge in [0.15, 0.2) is 5.13 Å². The van der Waals surface area contributed by atoms with Gasteiger partial charge >= 0.3 is 6.09 Å². The fraction of sp³-hybridized carbons (Fsp3) is 0.167. The summed E-state index contributed by atoms with van der Waals surface area (Å²) in [5.74, 6) is 0.883. The average Bonchev–Trinajstić information content (AvgIpc) is 3.19. The second-order valence-electron chi connectivity index (χ2n) is 6.26. The van der Waals surface area contributed by atoms with Gasteiger partial charge in [-0.15, -0.1) is 0 Å². The number of benzene rings is 1. The number of aromatic nitrogens is 1. The van der Waals surface area contributed by atoms with E-state index in [0.717, 1.165) is 44.6 Å². The molecule has 7 nitrogen and oxygen atoms in total. The van der Waals surface area contributed by atoms with Crippen LogP contribution in [0.1, 0.15) is 12.0 Å². The number of carbonyl (C=O) groups is 1. The Morgan fingerprint density at radius 2 is 2.30 bits per heavy atom. The third kappa shape index (κ3) is 2.74. The number of hydrogen-bond donors (Lipinski definition) is 2. The molecule has 2 N–H and O–H groups in total. The zero-order valence-corrected chi connectivity index (χ0v) is 16.3. The SMILES string of the molecule is O=C(O)Nc1nc2ccc(C3=NC=C4C(Br)=COCC5=C4N3CC5)cc2s1. The summed E-state index contributed by atoms with van der Waals surface area (Å²) < 4.78 is 7.42. The molecule has 0 aliphatic carbocycles. The molecule has 0 spiro atoms. The molecule has 0 unspecified atom stereocenters. The number of rotatable bonds is 2. The number of carboxylic acid groups (broad SMARTS) is 1. The summed E-state index contributed by atoms with van der Waals surface area (Å²) in [6.07, 6.45) is 3.42. The molecule has 5 rings (SSSR count). The molecule has 1 aromatic heterocycles. The highest BCUT2D eigenvalue weighted by Crippen LogP contribution is 2.40. The molecule has 3 aliphatic rings. The van der Waals surface area contributed by atoms with Gasteiger partial charge in [0.2, 0.25) is 0 Å². The van der Waals surface area contributed by atoms with Crippen LogP contribution in [0.15, 0.2) is 57.0 Å². The Labute approximate surface area is 166 Å². The van der Waals surface area contributed by atoms with Crippen LogP contribution in [0.25, 0.3) is 10.2 Å². The molecular weight excluding hydrogens is 432 g/mol. The van der Waals surface area contributed by atoms with E-state index in [4.69, 9.17) is 14.8 Å². The van der Waals surface area contributed by atoms with Crippen LogP contribution in [0, 0.1) is 0 Å². The van der Waals surface area contributed by atoms with E-state index in [9.17, 15) is 4.79 Å². The van der Waals surface area contributed by atoms with Gasteiger partial charge in [-0.3, -0.25) is 5.32 Å². The van der Waals surface area contributed by atoms with Gasteiger partial charge in [-0.2, -0.15) is 0 Å². The van der Waals surface area contributed by atoms with Gasteiger partial charge in [-0.25, -0.2) is 14.8 Å². The Morgan fingerprint density at radius 3 is 3.15 bits per heavy atom. The van der Waals surface area contributed by atoms with Crippen LogP contribution in [0.2, 0.25) is 0 Å². The number of nitrogens with one attached hydrogen (secondary N) is 1. The average molecular weight is 445 g/mol. The topological polar surface area (TPSA) is 87.0 Å². The van der Waals surface area contributed by atoms with E-state index in [-0.39, 0.29) is 0 Å². The number of nitrogens with zero attached hydrogens (tertiary/aromatic N) is 3. The van der Waals surface area contributed by atoms with Gasteiger partial charge in [0.1, 0.15) is 12.4 Å². The number of anilines is 1. The fourth-order valence-corrected chi connectivity index (χ4v) is 4.82. The normalized spacial score (nSPS) is 18.4. The molecular formula is C18H13BrN4O3S. The van der Waals surface area contributed by atoms with E-state index in [2.05, 4.69) is 31.1 Å². The number of ether oxygens (including phenoxy) is 1. The first kappa shape index (κ1) is 16.5. The quantitative estimate of drug-likeness (QED) is 0.722. The minimum Gasteiger partial charge on any atom is -0.496 e. The molecule has 3 aliphatic heterocycles. The molecule has 1 aromatic carbocycles. The zero-order valence-electron chi connectivity index (χ0n) is 13.9. The molecule has 1 amide bonds. The maximum Gasteiger partial charge on any atom is 0.410 e. The van der Waals surface area contributed by atoms with Crippen LogP contribution in [0.3, 0.4) is 0 Å². The van der Waals surface area contributed by atoms with Crippen molar-refractivity contribution in [2.24, 2.45) is 4.99 Å². The highest BCUT2D eigenvalue weighted by Gasteiger charge is 2.34. The Bertz CT molecular complexity index is 1120. The van der Waals surface area contributed by atoms with Crippen LogP contribution in [-0.2, 0) is 4.74 Å². The number of aliphatic imine (C=N–C) groups is 1. The summed E-state index contributed by atoms with van der Waals surface area (Å²) in [6, 6.07) is 5.88. The number of halogens is 1. The Kier molecular flexibility index (Phi) is 3.80. The molecule has 0 radical (unpaired) electrons. The van der Waals surface area contributed by atoms with Crippen LogP contribution < -0.4 is 5.32 Å². The number of hydrogen-bond acceptors (Lipinski definition) is 6. The Morgan fingerprint density at radius 1 is 1.41 bits per heavy atom. The van der Waals surface area contributed by atoms with Crippen molar-refractivity contribution in [2.45, 2.75) is 6.42 Å². The van der Waals surface area contributed by atoms with Crippen molar-refractivity contribution in [1.29, 1.82) is 0 Å². The molecule has 0 bridgehead atoms. The van der Waals surface area contributed by atoms with Crippen LogP contribution in [-0.4, -0.2) is 40.1 Å². The summed E-state index contributed by atoms with van der Waals surface area (Å²) in [4.78, 5) is 22.1.